The average molecular weight is 356 g/mol. The number of carboxylic acid groups (broad SMARTS) is 1. The van der Waals surface area contributed by atoms with Crippen molar-refractivity contribution in [3.05, 3.63) is 47.2 Å². The third-order valence-corrected chi connectivity index (χ3v) is 4.39. The molecule has 2 amide bonds. The number of anilines is 1. The Hall–Kier alpha value is -3.16. The van der Waals surface area contributed by atoms with Crippen LogP contribution in [-0.4, -0.2) is 45.3 Å². The van der Waals surface area contributed by atoms with Gasteiger partial charge in [-0.3, -0.25) is 19.2 Å². The fourth-order valence-corrected chi connectivity index (χ4v) is 3.09. The van der Waals surface area contributed by atoms with Crippen LogP contribution in [0, 0.1) is 6.92 Å². The molecule has 1 saturated heterocycles. The third-order valence-electron chi connectivity index (χ3n) is 4.39. The lowest BCUT2D eigenvalue weighted by Gasteiger charge is -2.32. The molecule has 1 aliphatic heterocycles. The van der Waals surface area contributed by atoms with Crippen molar-refractivity contribution < 1.29 is 19.5 Å². The molecule has 8 nitrogen and oxygen atoms in total. The molecule has 26 heavy (non-hydrogen) atoms. The predicted molar refractivity (Wildman–Crippen MR) is 94.2 cm³/mol. The second-order valence-corrected chi connectivity index (χ2v) is 6.31. The van der Waals surface area contributed by atoms with Crippen LogP contribution in [0.5, 0.6) is 0 Å². The van der Waals surface area contributed by atoms with Gasteiger partial charge in [0.25, 0.3) is 11.8 Å². The van der Waals surface area contributed by atoms with Gasteiger partial charge >= 0.3 is 5.97 Å². The summed E-state index contributed by atoms with van der Waals surface area (Å²) in [6.07, 6.45) is 1.32. The van der Waals surface area contributed by atoms with Crippen molar-refractivity contribution in [3.8, 4) is 0 Å². The Balaban J connectivity index is 1.72. The molecule has 0 saturated carbocycles. The lowest BCUT2D eigenvalue weighted by molar-refractivity contribution is -0.121. The summed E-state index contributed by atoms with van der Waals surface area (Å²) >= 11 is 0. The molecule has 8 heteroatoms. The lowest BCUT2D eigenvalue weighted by Crippen LogP contribution is -2.52. The van der Waals surface area contributed by atoms with E-state index in [9.17, 15) is 14.4 Å². The fraction of sp³-hybridized carbons (Fsp3) is 0.333. The SMILES string of the molecule is Cc1cc(N2CCCC(NC(=O)c3ccc(C(=O)O)cc3)C2=O)n(C)n1. The number of hydrogen-bond acceptors (Lipinski definition) is 4. The van der Waals surface area contributed by atoms with E-state index in [2.05, 4.69) is 10.4 Å². The van der Waals surface area contributed by atoms with Gasteiger partial charge in [-0.15, -0.1) is 0 Å². The molecule has 2 aromatic rings. The number of hydrogen-bond donors (Lipinski definition) is 2. The summed E-state index contributed by atoms with van der Waals surface area (Å²) in [5, 5.41) is 15.9. The van der Waals surface area contributed by atoms with E-state index in [0.717, 1.165) is 12.1 Å². The number of rotatable bonds is 4. The Morgan fingerprint density at radius 3 is 2.46 bits per heavy atom. The average Bonchev–Trinajstić information content (AvgIpc) is 2.95. The molecule has 2 heterocycles. The normalized spacial score (nSPS) is 17.2. The van der Waals surface area contributed by atoms with Crippen LogP contribution in [-0.2, 0) is 11.8 Å². The largest absolute Gasteiger partial charge is 0.478 e. The lowest BCUT2D eigenvalue weighted by atomic mass is 10.0. The summed E-state index contributed by atoms with van der Waals surface area (Å²) in [6.45, 7) is 2.44. The van der Waals surface area contributed by atoms with E-state index in [1.807, 2.05) is 13.0 Å². The molecule has 1 aromatic carbocycles. The molecular weight excluding hydrogens is 336 g/mol. The monoisotopic (exact) mass is 356 g/mol. The molecular formula is C18H20N4O4. The van der Waals surface area contributed by atoms with Crippen LogP contribution in [0.4, 0.5) is 5.82 Å². The van der Waals surface area contributed by atoms with Gasteiger partial charge in [-0.1, -0.05) is 0 Å². The molecule has 0 bridgehead atoms. The zero-order chi connectivity index (χ0) is 18.8. The van der Waals surface area contributed by atoms with Crippen LogP contribution in [0.15, 0.2) is 30.3 Å². The predicted octanol–water partition coefficient (Wildman–Crippen LogP) is 1.35. The van der Waals surface area contributed by atoms with Gasteiger partial charge in [0.15, 0.2) is 0 Å². The standard InChI is InChI=1S/C18H20N4O4/c1-11-10-15(21(2)20-11)22-9-3-4-14(17(22)24)19-16(23)12-5-7-13(8-6-12)18(25)26/h5-8,10,14H,3-4,9H2,1-2H3,(H,19,23)(H,25,26). The van der Waals surface area contributed by atoms with Crippen LogP contribution in [0.2, 0.25) is 0 Å². The molecule has 1 atom stereocenters. The molecule has 1 aliphatic rings. The zero-order valence-corrected chi connectivity index (χ0v) is 14.6. The van der Waals surface area contributed by atoms with Crippen LogP contribution in [0.3, 0.4) is 0 Å². The highest BCUT2D eigenvalue weighted by molar-refractivity contribution is 6.02. The summed E-state index contributed by atoms with van der Waals surface area (Å²) in [7, 11) is 1.78. The quantitative estimate of drug-likeness (QED) is 0.860. The highest BCUT2D eigenvalue weighted by Gasteiger charge is 2.32. The van der Waals surface area contributed by atoms with Gasteiger partial charge in [-0.05, 0) is 44.0 Å². The number of carbonyl (C=O) groups is 3. The molecule has 3 rings (SSSR count). The number of benzene rings is 1. The molecule has 136 valence electrons. The summed E-state index contributed by atoms with van der Waals surface area (Å²) in [5.41, 5.74) is 1.24. The number of aryl methyl sites for hydroxylation is 2. The smallest absolute Gasteiger partial charge is 0.335 e. The number of aromatic nitrogens is 2. The second-order valence-electron chi connectivity index (χ2n) is 6.31. The van der Waals surface area contributed by atoms with E-state index in [1.165, 1.54) is 24.3 Å². The topological polar surface area (TPSA) is 105 Å². The molecule has 0 radical (unpaired) electrons. The first-order chi connectivity index (χ1) is 12.4. The Kier molecular flexibility index (Phi) is 4.75. The molecule has 0 aliphatic carbocycles. The maximum atomic E-state index is 12.8. The maximum absolute atomic E-state index is 12.8. The van der Waals surface area contributed by atoms with Gasteiger partial charge in [0.1, 0.15) is 11.9 Å². The molecule has 1 aromatic heterocycles. The fourth-order valence-electron chi connectivity index (χ4n) is 3.09. The number of carbonyl (C=O) groups excluding carboxylic acids is 2. The Morgan fingerprint density at radius 1 is 1.23 bits per heavy atom. The molecule has 0 spiro atoms. The summed E-state index contributed by atoms with van der Waals surface area (Å²) in [4.78, 5) is 37.7. The Bertz CT molecular complexity index is 857. The minimum Gasteiger partial charge on any atom is -0.478 e. The van der Waals surface area contributed by atoms with Crippen molar-refractivity contribution in [2.75, 3.05) is 11.4 Å². The molecule has 1 unspecified atom stereocenters. The third kappa shape index (κ3) is 3.44. The highest BCUT2D eigenvalue weighted by atomic mass is 16.4. The number of carboxylic acids is 1. The Morgan fingerprint density at radius 2 is 1.88 bits per heavy atom. The molecule has 2 N–H and O–H groups in total. The highest BCUT2D eigenvalue weighted by Crippen LogP contribution is 2.21. The van der Waals surface area contributed by atoms with E-state index < -0.39 is 17.9 Å². The van der Waals surface area contributed by atoms with Crippen LogP contribution >= 0.6 is 0 Å². The number of amides is 2. The van der Waals surface area contributed by atoms with E-state index in [0.29, 0.717) is 24.3 Å². The maximum Gasteiger partial charge on any atom is 0.335 e. The summed E-state index contributed by atoms with van der Waals surface area (Å²) in [5.74, 6) is -0.920. The van der Waals surface area contributed by atoms with Crippen LogP contribution < -0.4 is 10.2 Å². The van der Waals surface area contributed by atoms with Crippen molar-refractivity contribution in [3.63, 3.8) is 0 Å². The van der Waals surface area contributed by atoms with Crippen LogP contribution in [0.1, 0.15) is 39.3 Å². The number of nitrogens with one attached hydrogen (secondary N) is 1. The van der Waals surface area contributed by atoms with Gasteiger partial charge in [-0.2, -0.15) is 5.10 Å². The van der Waals surface area contributed by atoms with Crippen LogP contribution in [0.25, 0.3) is 0 Å². The van der Waals surface area contributed by atoms with E-state index in [4.69, 9.17) is 5.11 Å². The first kappa shape index (κ1) is 17.7. The van der Waals surface area contributed by atoms with E-state index in [-0.39, 0.29) is 11.5 Å². The van der Waals surface area contributed by atoms with Crippen molar-refractivity contribution >= 4 is 23.6 Å². The first-order valence-electron chi connectivity index (χ1n) is 8.33. The summed E-state index contributed by atoms with van der Waals surface area (Å²) < 4.78 is 1.65. The summed E-state index contributed by atoms with van der Waals surface area (Å²) in [6, 6.07) is 6.83. The van der Waals surface area contributed by atoms with Crippen molar-refractivity contribution in [2.45, 2.75) is 25.8 Å². The van der Waals surface area contributed by atoms with Gasteiger partial charge in [0.05, 0.1) is 11.3 Å². The molecule has 1 fully saturated rings. The van der Waals surface area contributed by atoms with Gasteiger partial charge < -0.3 is 10.4 Å². The first-order valence-corrected chi connectivity index (χ1v) is 8.33. The van der Waals surface area contributed by atoms with Gasteiger partial charge in [0, 0.05) is 25.2 Å². The minimum absolute atomic E-state index is 0.105. The van der Waals surface area contributed by atoms with Gasteiger partial charge in [-0.25, -0.2) is 4.79 Å². The number of piperidine rings is 1. The zero-order valence-electron chi connectivity index (χ0n) is 14.6. The number of aromatic carboxylic acids is 1. The van der Waals surface area contributed by atoms with E-state index >= 15 is 0 Å². The minimum atomic E-state index is -1.05. The van der Waals surface area contributed by atoms with Crippen molar-refractivity contribution in [1.29, 1.82) is 0 Å². The second kappa shape index (κ2) is 6.99. The van der Waals surface area contributed by atoms with Crippen molar-refractivity contribution in [1.82, 2.24) is 15.1 Å². The number of nitrogens with zero attached hydrogens (tertiary/aromatic N) is 3. The van der Waals surface area contributed by atoms with Crippen molar-refractivity contribution in [2.24, 2.45) is 7.05 Å². The van der Waals surface area contributed by atoms with E-state index in [1.54, 1.807) is 16.6 Å². The van der Waals surface area contributed by atoms with Gasteiger partial charge in [0.2, 0.25) is 0 Å². The Labute approximate surface area is 150 Å².